The zero-order valence-corrected chi connectivity index (χ0v) is 7.64. The maximum Gasteiger partial charge on any atom is 0.251 e. The van der Waals surface area contributed by atoms with Crippen LogP contribution in [-0.2, 0) is 0 Å². The van der Waals surface area contributed by atoms with Crippen molar-refractivity contribution in [3.05, 3.63) is 24.3 Å². The molecule has 0 atom stereocenters. The van der Waals surface area contributed by atoms with Gasteiger partial charge in [-0.15, -0.1) is 0 Å². The summed E-state index contributed by atoms with van der Waals surface area (Å²) >= 11 is 0. The molecule has 0 unspecified atom stereocenters. The van der Waals surface area contributed by atoms with Crippen LogP contribution >= 0.6 is 0 Å². The largest absolute Gasteiger partial charge is 0.313 e. The van der Waals surface area contributed by atoms with E-state index in [1.54, 1.807) is 7.05 Å². The third-order valence-corrected chi connectivity index (χ3v) is 1.78. The van der Waals surface area contributed by atoms with Gasteiger partial charge in [0.05, 0.1) is 25.1 Å². The van der Waals surface area contributed by atoms with Crippen LogP contribution in [-0.4, -0.2) is 39.0 Å². The molecule has 6 nitrogen and oxygen atoms in total. The van der Waals surface area contributed by atoms with Crippen LogP contribution in [0.1, 0.15) is 10.5 Å². The lowest BCUT2D eigenvalue weighted by molar-refractivity contribution is 0.0987. The molecular formula is C8H9N5O. The van der Waals surface area contributed by atoms with Gasteiger partial charge < -0.3 is 5.32 Å². The number of nitrogens with one attached hydrogen (secondary N) is 1. The summed E-state index contributed by atoms with van der Waals surface area (Å²) in [6, 6.07) is 0. The molecule has 2 aromatic heterocycles. The number of rotatable bonds is 3. The monoisotopic (exact) mass is 191 g/mol. The van der Waals surface area contributed by atoms with Crippen LogP contribution in [0.3, 0.4) is 0 Å². The van der Waals surface area contributed by atoms with Gasteiger partial charge in [-0.3, -0.25) is 4.79 Å². The fraction of sp³-hybridized carbons (Fsp3) is 0.250. The molecule has 14 heavy (non-hydrogen) atoms. The molecule has 0 radical (unpaired) electrons. The van der Waals surface area contributed by atoms with E-state index >= 15 is 0 Å². The van der Waals surface area contributed by atoms with E-state index in [2.05, 4.69) is 20.4 Å². The van der Waals surface area contributed by atoms with Crippen molar-refractivity contribution < 1.29 is 4.79 Å². The third kappa shape index (κ3) is 1.35. The number of likely N-dealkylation sites (N-methyl/N-ethyl adjacent to an activating group) is 1. The number of carbonyl (C=O) groups excluding carboxylic acids is 1. The van der Waals surface area contributed by atoms with E-state index in [-0.39, 0.29) is 12.3 Å². The van der Waals surface area contributed by atoms with E-state index in [0.29, 0.717) is 11.5 Å². The predicted octanol–water partition coefficient (Wildman–Crippen LogP) is -0.474. The Kier molecular flexibility index (Phi) is 2.19. The van der Waals surface area contributed by atoms with E-state index in [9.17, 15) is 4.79 Å². The second-order valence-electron chi connectivity index (χ2n) is 2.75. The molecule has 0 aliphatic heterocycles. The van der Waals surface area contributed by atoms with Crippen molar-refractivity contribution in [2.75, 3.05) is 13.6 Å². The Morgan fingerprint density at radius 3 is 3.14 bits per heavy atom. The van der Waals surface area contributed by atoms with Crippen molar-refractivity contribution in [1.29, 1.82) is 0 Å². The molecule has 2 rings (SSSR count). The average Bonchev–Trinajstić information content (AvgIpc) is 2.61. The number of hydrogen-bond donors (Lipinski definition) is 1. The van der Waals surface area contributed by atoms with Gasteiger partial charge in [0, 0.05) is 0 Å². The van der Waals surface area contributed by atoms with E-state index < -0.39 is 0 Å². The summed E-state index contributed by atoms with van der Waals surface area (Å²) in [5.41, 5.74) is 0.447. The first-order valence-electron chi connectivity index (χ1n) is 4.15. The molecule has 72 valence electrons. The standard InChI is InChI=1S/C8H9N5O/c1-9-5-7(14)6-4-11-8-10-2-3-12-13(6)8/h2-4,9H,5H2,1H3. The molecular weight excluding hydrogens is 182 g/mol. The predicted molar refractivity (Wildman–Crippen MR) is 49.0 cm³/mol. The highest BCUT2D eigenvalue weighted by atomic mass is 16.1. The first-order valence-corrected chi connectivity index (χ1v) is 4.15. The first kappa shape index (κ1) is 8.76. The second-order valence-corrected chi connectivity index (χ2v) is 2.75. The van der Waals surface area contributed by atoms with Crippen LogP contribution in [0.4, 0.5) is 0 Å². The molecule has 0 spiro atoms. The van der Waals surface area contributed by atoms with Crippen LogP contribution in [0, 0.1) is 0 Å². The minimum atomic E-state index is -0.0551. The van der Waals surface area contributed by atoms with Crippen molar-refractivity contribution in [3.8, 4) is 0 Å². The molecule has 0 aliphatic carbocycles. The molecule has 0 amide bonds. The van der Waals surface area contributed by atoms with Crippen LogP contribution in [0.2, 0.25) is 0 Å². The van der Waals surface area contributed by atoms with E-state index in [1.165, 1.54) is 23.1 Å². The average molecular weight is 191 g/mol. The van der Waals surface area contributed by atoms with Crippen molar-refractivity contribution in [2.24, 2.45) is 0 Å². The third-order valence-electron chi connectivity index (χ3n) is 1.78. The zero-order chi connectivity index (χ0) is 9.97. The molecule has 1 N–H and O–H groups in total. The first-order chi connectivity index (χ1) is 6.83. The van der Waals surface area contributed by atoms with Gasteiger partial charge in [0.25, 0.3) is 5.78 Å². The normalized spacial score (nSPS) is 10.6. The van der Waals surface area contributed by atoms with E-state index in [1.807, 2.05) is 0 Å². The number of ketones is 1. The van der Waals surface area contributed by atoms with Crippen LogP contribution < -0.4 is 5.32 Å². The van der Waals surface area contributed by atoms with Gasteiger partial charge in [0.1, 0.15) is 5.69 Å². The molecule has 2 heterocycles. The molecule has 0 saturated carbocycles. The molecule has 0 aliphatic rings. The summed E-state index contributed by atoms with van der Waals surface area (Å²) in [5.74, 6) is 0.382. The van der Waals surface area contributed by atoms with Gasteiger partial charge in [-0.2, -0.15) is 9.61 Å². The highest BCUT2D eigenvalue weighted by molar-refractivity contribution is 5.96. The number of nitrogens with zero attached hydrogens (tertiary/aromatic N) is 4. The maximum atomic E-state index is 11.5. The number of imidazole rings is 1. The van der Waals surface area contributed by atoms with Crippen molar-refractivity contribution in [1.82, 2.24) is 24.9 Å². The van der Waals surface area contributed by atoms with E-state index in [0.717, 1.165) is 0 Å². The Balaban J connectivity index is 2.47. The summed E-state index contributed by atoms with van der Waals surface area (Å²) < 4.78 is 1.43. The summed E-state index contributed by atoms with van der Waals surface area (Å²) in [6.45, 7) is 0.268. The second kappa shape index (κ2) is 3.51. The Bertz CT molecular complexity index is 463. The van der Waals surface area contributed by atoms with Gasteiger partial charge in [-0.05, 0) is 7.05 Å². The Morgan fingerprint density at radius 2 is 2.36 bits per heavy atom. The van der Waals surface area contributed by atoms with Gasteiger partial charge in [-0.25, -0.2) is 9.97 Å². The number of aromatic nitrogens is 4. The highest BCUT2D eigenvalue weighted by Gasteiger charge is 2.11. The molecule has 0 saturated heterocycles. The minimum Gasteiger partial charge on any atom is -0.313 e. The lowest BCUT2D eigenvalue weighted by Gasteiger charge is -1.97. The number of Topliss-reactive ketones (excluding diaryl/α,β-unsaturated/α-hetero) is 1. The molecule has 2 aromatic rings. The van der Waals surface area contributed by atoms with E-state index in [4.69, 9.17) is 0 Å². The number of hydrogen-bond acceptors (Lipinski definition) is 5. The van der Waals surface area contributed by atoms with Crippen molar-refractivity contribution >= 4 is 11.6 Å². The number of fused-ring (bicyclic) bond motifs is 1. The maximum absolute atomic E-state index is 11.5. The fourth-order valence-corrected chi connectivity index (χ4v) is 1.18. The molecule has 0 aromatic carbocycles. The van der Waals surface area contributed by atoms with Gasteiger partial charge >= 0.3 is 0 Å². The molecule has 6 heteroatoms. The van der Waals surface area contributed by atoms with Crippen molar-refractivity contribution in [2.45, 2.75) is 0 Å². The fourth-order valence-electron chi connectivity index (χ4n) is 1.18. The molecule has 0 fully saturated rings. The Labute approximate surface area is 80.0 Å². The van der Waals surface area contributed by atoms with Gasteiger partial charge in [-0.1, -0.05) is 0 Å². The molecule has 0 bridgehead atoms. The topological polar surface area (TPSA) is 72.2 Å². The van der Waals surface area contributed by atoms with Gasteiger partial charge in [0.15, 0.2) is 5.78 Å². The summed E-state index contributed by atoms with van der Waals surface area (Å²) in [4.78, 5) is 19.5. The SMILES string of the molecule is CNCC(=O)c1cnc2nccnn12. The lowest BCUT2D eigenvalue weighted by atomic mass is 10.3. The Morgan fingerprint density at radius 1 is 1.50 bits per heavy atom. The smallest absolute Gasteiger partial charge is 0.251 e. The minimum absolute atomic E-state index is 0.0551. The summed E-state index contributed by atoms with van der Waals surface area (Å²) in [7, 11) is 1.72. The summed E-state index contributed by atoms with van der Waals surface area (Å²) in [5, 5.41) is 6.77. The van der Waals surface area contributed by atoms with Crippen LogP contribution in [0.25, 0.3) is 5.78 Å². The summed E-state index contributed by atoms with van der Waals surface area (Å²) in [6.07, 6.45) is 4.54. The Hall–Kier alpha value is -1.82. The van der Waals surface area contributed by atoms with Gasteiger partial charge in [0.2, 0.25) is 0 Å². The van der Waals surface area contributed by atoms with Crippen LogP contribution in [0.15, 0.2) is 18.6 Å². The zero-order valence-electron chi connectivity index (χ0n) is 7.64. The lowest BCUT2D eigenvalue weighted by Crippen LogP contribution is -2.20. The quantitative estimate of drug-likeness (QED) is 0.664. The van der Waals surface area contributed by atoms with Crippen LogP contribution in [0.5, 0.6) is 0 Å². The highest BCUT2D eigenvalue weighted by Crippen LogP contribution is 2.01. The van der Waals surface area contributed by atoms with Crippen molar-refractivity contribution in [3.63, 3.8) is 0 Å². The number of carbonyl (C=O) groups is 1.